The molecule has 3 aromatic carbocycles. The number of hydrogen-bond donors (Lipinski definition) is 0. The van der Waals surface area contributed by atoms with E-state index in [2.05, 4.69) is 22.3 Å². The highest BCUT2D eigenvalue weighted by molar-refractivity contribution is 7.98. The Hall–Kier alpha value is -4.18. The van der Waals surface area contributed by atoms with Gasteiger partial charge in [0.1, 0.15) is 10.7 Å². The summed E-state index contributed by atoms with van der Waals surface area (Å²) in [6.07, 6.45) is 2.38. The van der Waals surface area contributed by atoms with E-state index in [-0.39, 0.29) is 5.91 Å². The Balaban J connectivity index is 1.19. The van der Waals surface area contributed by atoms with Gasteiger partial charge in [-0.3, -0.25) is 9.36 Å². The Bertz CT molecular complexity index is 1740. The normalized spacial score (nSPS) is 11.1. The van der Waals surface area contributed by atoms with Crippen LogP contribution >= 0.6 is 34.7 Å². The number of aromatic nitrogens is 4. The minimum Gasteiger partial charge on any atom is -0.461 e. The van der Waals surface area contributed by atoms with Gasteiger partial charge in [-0.05, 0) is 53.9 Å². The van der Waals surface area contributed by atoms with Gasteiger partial charge < -0.3 is 9.32 Å². The van der Waals surface area contributed by atoms with Gasteiger partial charge in [0.2, 0.25) is 5.82 Å². The van der Waals surface area contributed by atoms with Crippen molar-refractivity contribution in [3.63, 3.8) is 0 Å². The number of carbonyl (C=O) groups is 1. The fraction of sp³-hybridized carbons (Fsp3) is 0.125. The second-order valence-corrected chi connectivity index (χ2v) is 11.8. The maximum Gasteiger partial charge on any atom is 0.273 e. The Morgan fingerprint density at radius 2 is 1.64 bits per heavy atom. The molecule has 0 aliphatic heterocycles. The summed E-state index contributed by atoms with van der Waals surface area (Å²) in [6, 6.07) is 31.4. The van der Waals surface area contributed by atoms with Crippen LogP contribution in [0.25, 0.3) is 17.3 Å². The lowest BCUT2D eigenvalue weighted by molar-refractivity contribution is 0.0740. The average Bonchev–Trinajstić information content (AvgIpc) is 3.81. The second kappa shape index (κ2) is 13.2. The molecule has 7 nitrogen and oxygen atoms in total. The molecule has 0 atom stereocenters. The zero-order chi connectivity index (χ0) is 28.7. The van der Waals surface area contributed by atoms with E-state index in [1.54, 1.807) is 6.26 Å². The number of thiazole rings is 1. The first-order valence-corrected chi connectivity index (χ1v) is 15.6. The molecule has 3 heterocycles. The molecule has 0 bridgehead atoms. The molecule has 0 N–H and O–H groups in total. The number of amides is 1. The van der Waals surface area contributed by atoms with E-state index >= 15 is 0 Å². The smallest absolute Gasteiger partial charge is 0.273 e. The monoisotopic (exact) mass is 611 g/mol. The molecule has 0 unspecified atom stereocenters. The van der Waals surface area contributed by atoms with Gasteiger partial charge in [0.05, 0.1) is 12.0 Å². The van der Waals surface area contributed by atoms with Gasteiger partial charge >= 0.3 is 0 Å². The Kier molecular flexibility index (Phi) is 8.79. The summed E-state index contributed by atoms with van der Waals surface area (Å²) in [5, 5.41) is 12.8. The molecule has 10 heteroatoms. The minimum atomic E-state index is -0.0771. The molecule has 0 spiro atoms. The van der Waals surface area contributed by atoms with Gasteiger partial charge in [-0.25, -0.2) is 4.98 Å². The highest BCUT2D eigenvalue weighted by atomic mass is 35.5. The number of hydrogen-bond acceptors (Lipinski definition) is 7. The fourth-order valence-corrected chi connectivity index (χ4v) is 6.34. The zero-order valence-corrected chi connectivity index (χ0v) is 24.9. The van der Waals surface area contributed by atoms with Crippen molar-refractivity contribution in [2.24, 2.45) is 0 Å². The summed E-state index contributed by atoms with van der Waals surface area (Å²) in [5.74, 6) is 1.66. The third kappa shape index (κ3) is 6.65. The number of nitrogens with zero attached hydrogens (tertiary/aromatic N) is 5. The molecule has 0 aliphatic rings. The van der Waals surface area contributed by atoms with Crippen LogP contribution in [0.5, 0.6) is 0 Å². The lowest BCUT2D eigenvalue weighted by Gasteiger charge is -2.22. The molecule has 0 fully saturated rings. The van der Waals surface area contributed by atoms with E-state index in [0.717, 1.165) is 22.7 Å². The first-order valence-electron chi connectivity index (χ1n) is 13.3. The highest BCUT2D eigenvalue weighted by Crippen LogP contribution is 2.31. The quantitative estimate of drug-likeness (QED) is 0.139. The molecule has 0 saturated heterocycles. The first kappa shape index (κ1) is 28.0. The summed E-state index contributed by atoms with van der Waals surface area (Å²) in [5.41, 5.74) is 3.59. The van der Waals surface area contributed by atoms with E-state index in [1.165, 1.54) is 28.7 Å². The number of furan rings is 1. The van der Waals surface area contributed by atoms with Crippen LogP contribution in [-0.4, -0.2) is 37.1 Å². The summed E-state index contributed by atoms with van der Waals surface area (Å²) < 4.78 is 7.55. The Morgan fingerprint density at radius 1 is 0.905 bits per heavy atom. The van der Waals surface area contributed by atoms with E-state index in [9.17, 15) is 4.79 Å². The van der Waals surface area contributed by atoms with Crippen molar-refractivity contribution in [3.8, 4) is 17.3 Å². The molecule has 0 saturated carbocycles. The van der Waals surface area contributed by atoms with Crippen LogP contribution in [0.4, 0.5) is 0 Å². The van der Waals surface area contributed by atoms with Crippen molar-refractivity contribution in [1.82, 2.24) is 24.6 Å². The predicted molar refractivity (Wildman–Crippen MR) is 167 cm³/mol. The van der Waals surface area contributed by atoms with Crippen molar-refractivity contribution < 1.29 is 9.21 Å². The summed E-state index contributed by atoms with van der Waals surface area (Å²) in [6.45, 7) is 1.12. The summed E-state index contributed by atoms with van der Waals surface area (Å²) >= 11 is 9.11. The Labute approximate surface area is 256 Å². The van der Waals surface area contributed by atoms with Crippen LogP contribution in [-0.2, 0) is 18.7 Å². The SMILES string of the molecule is O=C(c1csc(CSc2nnc(-c3ccco3)n2-c2ccc(Cl)cc2)n1)N(CCc1ccccc1)Cc1ccccc1. The largest absolute Gasteiger partial charge is 0.461 e. The summed E-state index contributed by atoms with van der Waals surface area (Å²) in [4.78, 5) is 20.3. The highest BCUT2D eigenvalue weighted by Gasteiger charge is 2.21. The number of carbonyl (C=O) groups excluding carboxylic acids is 1. The molecular weight excluding hydrogens is 586 g/mol. The fourth-order valence-electron chi connectivity index (χ4n) is 4.48. The van der Waals surface area contributed by atoms with Crippen molar-refractivity contribution >= 4 is 40.6 Å². The predicted octanol–water partition coefficient (Wildman–Crippen LogP) is 7.81. The van der Waals surface area contributed by atoms with E-state index < -0.39 is 0 Å². The van der Waals surface area contributed by atoms with Crippen molar-refractivity contribution in [1.29, 1.82) is 0 Å². The average molecular weight is 612 g/mol. The maximum absolute atomic E-state index is 13.7. The molecule has 6 rings (SSSR count). The van der Waals surface area contributed by atoms with E-state index in [1.807, 2.05) is 99.8 Å². The molecular formula is C32H26ClN5O2S2. The number of benzene rings is 3. The van der Waals surface area contributed by atoms with Crippen LogP contribution in [0.15, 0.2) is 118 Å². The molecule has 3 aromatic heterocycles. The van der Waals surface area contributed by atoms with Crippen molar-refractivity contribution in [3.05, 3.63) is 136 Å². The molecule has 1 amide bonds. The second-order valence-electron chi connectivity index (χ2n) is 9.46. The van der Waals surface area contributed by atoms with Gasteiger partial charge in [-0.2, -0.15) is 0 Å². The zero-order valence-electron chi connectivity index (χ0n) is 22.5. The van der Waals surface area contributed by atoms with E-state index in [4.69, 9.17) is 21.0 Å². The lowest BCUT2D eigenvalue weighted by Crippen LogP contribution is -2.32. The molecule has 210 valence electrons. The lowest BCUT2D eigenvalue weighted by atomic mass is 10.1. The van der Waals surface area contributed by atoms with Crippen LogP contribution in [0.2, 0.25) is 5.02 Å². The van der Waals surface area contributed by atoms with Gasteiger partial charge in [0.25, 0.3) is 5.91 Å². The Morgan fingerprint density at radius 3 is 2.36 bits per heavy atom. The third-order valence-electron chi connectivity index (χ3n) is 6.57. The number of halogens is 1. The summed E-state index contributed by atoms with van der Waals surface area (Å²) in [7, 11) is 0. The van der Waals surface area contributed by atoms with Gasteiger partial charge in [0.15, 0.2) is 10.9 Å². The topological polar surface area (TPSA) is 77.0 Å². The van der Waals surface area contributed by atoms with Crippen molar-refractivity contribution in [2.45, 2.75) is 23.9 Å². The molecule has 0 aliphatic carbocycles. The standard InChI is InChI=1S/C32H26ClN5O2S2/c33-25-13-15-26(16-14-25)38-30(28-12-7-19-40-28)35-36-32(38)42-22-29-34-27(21-41-29)31(39)37(20-24-10-5-2-6-11-24)18-17-23-8-3-1-4-9-23/h1-16,19,21H,17-18,20,22H2. The van der Waals surface area contributed by atoms with Gasteiger partial charge in [0, 0.05) is 29.2 Å². The van der Waals surface area contributed by atoms with Crippen LogP contribution in [0, 0.1) is 0 Å². The van der Waals surface area contributed by atoms with Crippen LogP contribution < -0.4 is 0 Å². The molecule has 0 radical (unpaired) electrons. The maximum atomic E-state index is 13.7. The van der Waals surface area contributed by atoms with Crippen molar-refractivity contribution in [2.75, 3.05) is 6.54 Å². The number of rotatable bonds is 11. The van der Waals surface area contributed by atoms with Gasteiger partial charge in [-0.15, -0.1) is 21.5 Å². The molecule has 42 heavy (non-hydrogen) atoms. The van der Waals surface area contributed by atoms with Gasteiger partial charge in [-0.1, -0.05) is 84.0 Å². The third-order valence-corrected chi connectivity index (χ3v) is 8.80. The van der Waals surface area contributed by atoms with Crippen LogP contribution in [0.3, 0.4) is 0 Å². The minimum absolute atomic E-state index is 0.0771. The van der Waals surface area contributed by atoms with E-state index in [0.29, 0.717) is 46.3 Å². The van der Waals surface area contributed by atoms with Crippen LogP contribution in [0.1, 0.15) is 26.6 Å². The molecule has 6 aromatic rings. The number of thioether (sulfide) groups is 1. The first-order chi connectivity index (χ1) is 20.6.